The molecule has 1 N–H and O–H groups in total. The van der Waals surface area contributed by atoms with Crippen LogP contribution in [-0.2, 0) is 6.54 Å². The zero-order valence-corrected chi connectivity index (χ0v) is 14.2. The van der Waals surface area contributed by atoms with Gasteiger partial charge in [-0.05, 0) is 55.5 Å². The van der Waals surface area contributed by atoms with E-state index in [1.165, 1.54) is 12.8 Å². The Hall–Kier alpha value is -1.22. The van der Waals surface area contributed by atoms with Gasteiger partial charge in [-0.1, -0.05) is 33.8 Å². The average molecular weight is 293 g/mol. The van der Waals surface area contributed by atoms with Crippen molar-refractivity contribution in [3.05, 3.63) is 23.8 Å². The summed E-state index contributed by atoms with van der Waals surface area (Å²) in [5, 5.41) is 9.90. The smallest absolute Gasteiger partial charge is 0.160 e. The van der Waals surface area contributed by atoms with Crippen LogP contribution in [0.5, 0.6) is 11.5 Å². The van der Waals surface area contributed by atoms with E-state index in [1.807, 2.05) is 18.2 Å². The summed E-state index contributed by atoms with van der Waals surface area (Å²) in [5.41, 5.74) is 1.14. The molecule has 3 heteroatoms. The van der Waals surface area contributed by atoms with E-state index in [1.54, 1.807) is 7.11 Å². The van der Waals surface area contributed by atoms with Gasteiger partial charge >= 0.3 is 0 Å². The van der Waals surface area contributed by atoms with Gasteiger partial charge in [-0.15, -0.1) is 0 Å². The van der Waals surface area contributed by atoms with Crippen molar-refractivity contribution in [2.75, 3.05) is 20.2 Å². The van der Waals surface area contributed by atoms with Gasteiger partial charge in [-0.3, -0.25) is 4.90 Å². The summed E-state index contributed by atoms with van der Waals surface area (Å²) < 4.78 is 5.10. The Morgan fingerprint density at radius 3 is 2.05 bits per heavy atom. The molecule has 3 nitrogen and oxygen atoms in total. The molecule has 1 aromatic rings. The van der Waals surface area contributed by atoms with Crippen LogP contribution in [0.4, 0.5) is 0 Å². The second-order valence-electron chi connectivity index (χ2n) is 6.65. The maximum absolute atomic E-state index is 9.90. The van der Waals surface area contributed by atoms with Crippen molar-refractivity contribution in [3.8, 4) is 11.5 Å². The number of nitrogens with zero attached hydrogens (tertiary/aromatic N) is 1. The molecule has 0 aliphatic heterocycles. The van der Waals surface area contributed by atoms with Gasteiger partial charge in [0.25, 0.3) is 0 Å². The first-order valence-corrected chi connectivity index (χ1v) is 8.00. The van der Waals surface area contributed by atoms with Gasteiger partial charge in [0, 0.05) is 6.54 Å². The molecule has 0 aromatic heterocycles. The summed E-state index contributed by atoms with van der Waals surface area (Å²) in [4.78, 5) is 2.49. The first-order chi connectivity index (χ1) is 9.92. The molecule has 120 valence electrons. The summed E-state index contributed by atoms with van der Waals surface area (Å²) in [7, 11) is 1.58. The molecule has 0 saturated heterocycles. The lowest BCUT2D eigenvalue weighted by molar-refractivity contribution is 0.235. The maximum Gasteiger partial charge on any atom is 0.160 e. The maximum atomic E-state index is 9.90. The summed E-state index contributed by atoms with van der Waals surface area (Å²) in [6.45, 7) is 12.2. The third-order valence-electron chi connectivity index (χ3n) is 3.69. The summed E-state index contributed by atoms with van der Waals surface area (Å²) in [5.74, 6) is 2.20. The van der Waals surface area contributed by atoms with Gasteiger partial charge in [0.1, 0.15) is 0 Å². The third kappa shape index (κ3) is 6.85. The van der Waals surface area contributed by atoms with E-state index in [9.17, 15) is 5.11 Å². The monoisotopic (exact) mass is 293 g/mol. The van der Waals surface area contributed by atoms with Gasteiger partial charge < -0.3 is 9.84 Å². The molecular weight excluding hydrogens is 262 g/mol. The first kappa shape index (κ1) is 17.8. The number of phenols is 1. The Labute approximate surface area is 129 Å². The number of phenolic OH excluding ortho intramolecular Hbond substituents is 1. The van der Waals surface area contributed by atoms with Crippen LogP contribution < -0.4 is 4.74 Å². The Morgan fingerprint density at radius 1 is 1.05 bits per heavy atom. The van der Waals surface area contributed by atoms with Crippen molar-refractivity contribution in [1.82, 2.24) is 4.90 Å². The van der Waals surface area contributed by atoms with Gasteiger partial charge in [0.05, 0.1) is 7.11 Å². The van der Waals surface area contributed by atoms with E-state index < -0.39 is 0 Å². The van der Waals surface area contributed by atoms with Crippen LogP contribution in [0.15, 0.2) is 18.2 Å². The van der Waals surface area contributed by atoms with E-state index >= 15 is 0 Å². The normalized spacial score (nSPS) is 11.6. The molecule has 0 atom stereocenters. The topological polar surface area (TPSA) is 32.7 Å². The largest absolute Gasteiger partial charge is 0.504 e. The van der Waals surface area contributed by atoms with Crippen molar-refractivity contribution >= 4 is 0 Å². The molecule has 0 heterocycles. The molecule has 1 aromatic carbocycles. The predicted molar refractivity (Wildman–Crippen MR) is 88.8 cm³/mol. The fourth-order valence-corrected chi connectivity index (χ4v) is 2.24. The SMILES string of the molecule is COc1ccc(CN(CCC(C)C)CCC(C)C)cc1O. The zero-order chi connectivity index (χ0) is 15.8. The van der Waals surface area contributed by atoms with E-state index in [0.29, 0.717) is 5.75 Å². The Bertz CT molecular complexity index is 404. The molecule has 0 spiro atoms. The lowest BCUT2D eigenvalue weighted by Gasteiger charge is -2.24. The van der Waals surface area contributed by atoms with Gasteiger partial charge in [0.15, 0.2) is 11.5 Å². The Morgan fingerprint density at radius 2 is 1.62 bits per heavy atom. The van der Waals surface area contributed by atoms with Crippen molar-refractivity contribution in [2.45, 2.75) is 47.1 Å². The minimum absolute atomic E-state index is 0.225. The van der Waals surface area contributed by atoms with E-state index in [-0.39, 0.29) is 5.75 Å². The van der Waals surface area contributed by atoms with Crippen LogP contribution in [0.1, 0.15) is 46.1 Å². The molecule has 1 rings (SSSR count). The number of ether oxygens (including phenoxy) is 1. The lowest BCUT2D eigenvalue weighted by atomic mass is 10.1. The van der Waals surface area contributed by atoms with Crippen molar-refractivity contribution in [1.29, 1.82) is 0 Å². The van der Waals surface area contributed by atoms with Gasteiger partial charge in [0.2, 0.25) is 0 Å². The van der Waals surface area contributed by atoms with E-state index in [4.69, 9.17) is 4.74 Å². The lowest BCUT2D eigenvalue weighted by Crippen LogP contribution is -2.27. The van der Waals surface area contributed by atoms with E-state index in [2.05, 4.69) is 32.6 Å². The van der Waals surface area contributed by atoms with Crippen LogP contribution in [0.2, 0.25) is 0 Å². The second kappa shape index (κ2) is 8.93. The van der Waals surface area contributed by atoms with Gasteiger partial charge in [-0.2, -0.15) is 0 Å². The summed E-state index contributed by atoms with van der Waals surface area (Å²) in [6.07, 6.45) is 2.42. The minimum Gasteiger partial charge on any atom is -0.504 e. The highest BCUT2D eigenvalue weighted by Crippen LogP contribution is 2.27. The number of methoxy groups -OCH3 is 1. The molecule has 0 fully saturated rings. The predicted octanol–water partition coefficient (Wildman–Crippen LogP) is 4.30. The van der Waals surface area contributed by atoms with Crippen LogP contribution >= 0.6 is 0 Å². The second-order valence-corrected chi connectivity index (χ2v) is 6.65. The van der Waals surface area contributed by atoms with E-state index in [0.717, 1.165) is 37.0 Å². The Balaban J connectivity index is 2.67. The highest BCUT2D eigenvalue weighted by atomic mass is 16.5. The average Bonchev–Trinajstić information content (AvgIpc) is 2.41. The van der Waals surface area contributed by atoms with Crippen LogP contribution in [0.25, 0.3) is 0 Å². The molecule has 0 bridgehead atoms. The highest BCUT2D eigenvalue weighted by Gasteiger charge is 2.10. The highest BCUT2D eigenvalue weighted by molar-refractivity contribution is 5.41. The van der Waals surface area contributed by atoms with Crippen molar-refractivity contribution in [3.63, 3.8) is 0 Å². The molecule has 0 saturated carbocycles. The molecule has 0 aliphatic rings. The molecule has 21 heavy (non-hydrogen) atoms. The summed E-state index contributed by atoms with van der Waals surface area (Å²) >= 11 is 0. The van der Waals surface area contributed by atoms with Crippen LogP contribution in [0.3, 0.4) is 0 Å². The fourth-order valence-electron chi connectivity index (χ4n) is 2.24. The molecule has 0 radical (unpaired) electrons. The first-order valence-electron chi connectivity index (χ1n) is 8.00. The molecule has 0 amide bonds. The molecule has 0 aliphatic carbocycles. The van der Waals surface area contributed by atoms with Crippen molar-refractivity contribution < 1.29 is 9.84 Å². The number of hydrogen-bond acceptors (Lipinski definition) is 3. The minimum atomic E-state index is 0.225. The Kier molecular flexibility index (Phi) is 7.58. The number of rotatable bonds is 9. The standard InChI is InChI=1S/C18H31NO2/c1-14(2)8-10-19(11-9-15(3)4)13-16-6-7-18(21-5)17(20)12-16/h6-7,12,14-15,20H,8-11,13H2,1-5H3. The zero-order valence-electron chi connectivity index (χ0n) is 14.2. The third-order valence-corrected chi connectivity index (χ3v) is 3.69. The fraction of sp³-hybridized carbons (Fsp3) is 0.667. The number of aromatic hydroxyl groups is 1. The van der Waals surface area contributed by atoms with Gasteiger partial charge in [-0.25, -0.2) is 0 Å². The number of hydrogen-bond donors (Lipinski definition) is 1. The summed E-state index contributed by atoms with van der Waals surface area (Å²) in [6, 6.07) is 5.70. The number of benzene rings is 1. The van der Waals surface area contributed by atoms with Crippen LogP contribution in [0, 0.1) is 11.8 Å². The quantitative estimate of drug-likeness (QED) is 0.737. The van der Waals surface area contributed by atoms with Crippen molar-refractivity contribution in [2.24, 2.45) is 11.8 Å². The molecular formula is C18H31NO2. The van der Waals surface area contributed by atoms with Crippen LogP contribution in [-0.4, -0.2) is 30.2 Å². The molecule has 0 unspecified atom stereocenters.